The highest BCUT2D eigenvalue weighted by molar-refractivity contribution is 5.97. The number of hydrogen-bond acceptors (Lipinski definition) is 15. The average molecular weight is 904 g/mol. The van der Waals surface area contributed by atoms with Crippen LogP contribution in [0.15, 0.2) is 48.5 Å². The molecule has 2 rings (SSSR count). The van der Waals surface area contributed by atoms with Crippen LogP contribution in [0, 0.1) is 0 Å². The second-order valence-corrected chi connectivity index (χ2v) is 14.5. The van der Waals surface area contributed by atoms with Crippen LogP contribution in [0.1, 0.15) is 50.2 Å². The van der Waals surface area contributed by atoms with Crippen molar-refractivity contribution in [3.63, 3.8) is 0 Å². The van der Waals surface area contributed by atoms with Crippen LogP contribution in [-0.2, 0) is 60.8 Å². The first-order valence-electron chi connectivity index (χ1n) is 19.4. The number of amides is 8. The van der Waals surface area contributed by atoms with E-state index in [2.05, 4.69) is 31.9 Å². The van der Waals surface area contributed by atoms with Crippen molar-refractivity contribution in [1.29, 1.82) is 0 Å². The number of nitrogens with one attached hydrogen (secondary N) is 6. The zero-order chi connectivity index (χ0) is 48.3. The highest BCUT2D eigenvalue weighted by Gasteiger charge is 2.35. The quantitative estimate of drug-likeness (QED) is 0.0398. The standard InChI is InChI=1S/C39H53N9O16/c1-18(50)32(48-37(61)28(17-49)47-34(58)24(11-13-30(42)54)43-33(57)23(40)10-12-29(41)53)38(62)45-26(15-20-4-8-22(52)9-5-20)35(59)44-25(14-19-2-6-21(51)7-3-19)36(60)46-27(39(63)64)16-31(55)56/h2-9,18,23-28,32,49-52H,10-17,40H2,1H3,(H2,41,53)(H2,42,54)(H,43,57)(H,44,59)(H,45,62)(H,46,60)(H,47,58)(H,48,61)(H,55,56)(H,63,64)/t18-,23+,24+,25+,26+,27+,28+,32+/m1/s1. The molecule has 0 fully saturated rings. The van der Waals surface area contributed by atoms with E-state index in [1.165, 1.54) is 48.5 Å². The van der Waals surface area contributed by atoms with Gasteiger partial charge >= 0.3 is 11.9 Å². The normalized spacial score (nSPS) is 14.6. The summed E-state index contributed by atoms with van der Waals surface area (Å²) in [4.78, 5) is 126. The Morgan fingerprint density at radius 2 is 0.938 bits per heavy atom. The molecule has 0 aliphatic heterocycles. The van der Waals surface area contributed by atoms with E-state index in [0.29, 0.717) is 11.1 Å². The van der Waals surface area contributed by atoms with Gasteiger partial charge in [-0.1, -0.05) is 24.3 Å². The molecular weight excluding hydrogens is 850 g/mol. The van der Waals surface area contributed by atoms with Crippen LogP contribution in [0.4, 0.5) is 0 Å². The number of rotatable bonds is 27. The number of aliphatic hydroxyl groups is 2. The summed E-state index contributed by atoms with van der Waals surface area (Å²) in [6.07, 6.45) is -4.82. The third-order valence-corrected chi connectivity index (χ3v) is 9.24. The molecule has 25 nitrogen and oxygen atoms in total. The van der Waals surface area contributed by atoms with Crippen molar-refractivity contribution in [3.8, 4) is 11.5 Å². The molecule has 0 aromatic heterocycles. The van der Waals surface area contributed by atoms with Crippen LogP contribution in [0.2, 0.25) is 0 Å². The maximum atomic E-state index is 14.0. The third kappa shape index (κ3) is 18.3. The van der Waals surface area contributed by atoms with Gasteiger partial charge in [-0.05, 0) is 55.2 Å². The molecule has 0 spiro atoms. The largest absolute Gasteiger partial charge is 0.508 e. The van der Waals surface area contributed by atoms with Crippen LogP contribution in [-0.4, -0.2) is 145 Å². The van der Waals surface area contributed by atoms with Gasteiger partial charge in [0.15, 0.2) is 0 Å². The van der Waals surface area contributed by atoms with Gasteiger partial charge < -0.3 is 79.7 Å². The number of phenolic OH excluding ortho intramolecular Hbond substituents is 2. The van der Waals surface area contributed by atoms with Crippen LogP contribution in [0.5, 0.6) is 11.5 Å². The van der Waals surface area contributed by atoms with Crippen LogP contribution in [0.25, 0.3) is 0 Å². The molecule has 64 heavy (non-hydrogen) atoms. The van der Waals surface area contributed by atoms with E-state index in [1.54, 1.807) is 0 Å². The first-order chi connectivity index (χ1) is 30.0. The van der Waals surface area contributed by atoms with Crippen LogP contribution >= 0.6 is 0 Å². The summed E-state index contributed by atoms with van der Waals surface area (Å²) < 4.78 is 0. The number of nitrogens with two attached hydrogens (primary N) is 3. The Hall–Kier alpha value is -7.38. The molecule has 0 unspecified atom stereocenters. The number of hydrogen-bond donors (Lipinski definition) is 15. The molecule has 8 atom stereocenters. The predicted molar refractivity (Wildman–Crippen MR) is 219 cm³/mol. The van der Waals surface area contributed by atoms with Crippen molar-refractivity contribution in [2.45, 2.75) is 100 Å². The lowest BCUT2D eigenvalue weighted by molar-refractivity contribution is -0.147. The van der Waals surface area contributed by atoms with E-state index in [0.717, 1.165) is 6.92 Å². The van der Waals surface area contributed by atoms with Crippen molar-refractivity contribution in [2.24, 2.45) is 17.2 Å². The van der Waals surface area contributed by atoms with E-state index >= 15 is 0 Å². The van der Waals surface area contributed by atoms with E-state index in [1.807, 2.05) is 0 Å². The number of carbonyl (C=O) groups excluding carboxylic acids is 8. The number of carboxylic acid groups (broad SMARTS) is 2. The van der Waals surface area contributed by atoms with E-state index in [4.69, 9.17) is 17.2 Å². The van der Waals surface area contributed by atoms with Gasteiger partial charge in [0.2, 0.25) is 47.3 Å². The SMILES string of the molecule is C[C@@H](O)[C@H](NC(=O)[C@H](CO)NC(=O)[C@H](CCC(N)=O)NC(=O)[C@@H](N)CCC(N)=O)C(=O)N[C@@H](Cc1ccc(O)cc1)C(=O)N[C@@H](Cc1ccc(O)cc1)C(=O)N[C@@H](CC(=O)O)C(=O)O. The van der Waals surface area contributed by atoms with Gasteiger partial charge in [0.25, 0.3) is 0 Å². The number of aromatic hydroxyl groups is 2. The maximum Gasteiger partial charge on any atom is 0.326 e. The molecule has 0 saturated heterocycles. The molecular formula is C39H53N9O16. The third-order valence-electron chi connectivity index (χ3n) is 9.24. The summed E-state index contributed by atoms with van der Waals surface area (Å²) in [5, 5.41) is 72.3. The zero-order valence-electron chi connectivity index (χ0n) is 34.4. The number of phenols is 2. The summed E-state index contributed by atoms with van der Waals surface area (Å²) >= 11 is 0. The zero-order valence-corrected chi connectivity index (χ0v) is 34.4. The predicted octanol–water partition coefficient (Wildman–Crippen LogP) is -5.42. The molecule has 8 amide bonds. The first kappa shape index (κ1) is 52.8. The van der Waals surface area contributed by atoms with Crippen LogP contribution < -0.4 is 49.1 Å². The smallest absolute Gasteiger partial charge is 0.326 e. The summed E-state index contributed by atoms with van der Waals surface area (Å²) in [5.41, 5.74) is 16.7. The number of carboxylic acids is 2. The summed E-state index contributed by atoms with van der Waals surface area (Å²) in [6, 6.07) is -1.39. The van der Waals surface area contributed by atoms with E-state index < -0.39 is 133 Å². The highest BCUT2D eigenvalue weighted by atomic mass is 16.4. The molecule has 2 aromatic rings. The Balaban J connectivity index is 2.40. The van der Waals surface area contributed by atoms with Crippen molar-refractivity contribution in [3.05, 3.63) is 59.7 Å². The Labute approximate surface area is 364 Å². The van der Waals surface area contributed by atoms with Gasteiger partial charge in [0.05, 0.1) is 25.2 Å². The Bertz CT molecular complexity index is 2000. The summed E-state index contributed by atoms with van der Waals surface area (Å²) in [6.45, 7) is -0.0527. The Morgan fingerprint density at radius 1 is 0.547 bits per heavy atom. The molecule has 0 aliphatic rings. The molecule has 0 radical (unpaired) electrons. The Kier molecular flexibility index (Phi) is 21.0. The number of carbonyl (C=O) groups is 10. The minimum atomic E-state index is -1.93. The van der Waals surface area contributed by atoms with Gasteiger partial charge in [-0.25, -0.2) is 4.79 Å². The lowest BCUT2D eigenvalue weighted by atomic mass is 10.0. The number of aliphatic carboxylic acids is 2. The molecule has 25 heteroatoms. The maximum absolute atomic E-state index is 14.0. The van der Waals surface area contributed by atoms with Gasteiger partial charge in [-0.3, -0.25) is 43.2 Å². The van der Waals surface area contributed by atoms with Crippen LogP contribution in [0.3, 0.4) is 0 Å². The highest BCUT2D eigenvalue weighted by Crippen LogP contribution is 2.15. The monoisotopic (exact) mass is 903 g/mol. The minimum Gasteiger partial charge on any atom is -0.508 e. The van der Waals surface area contributed by atoms with E-state index in [-0.39, 0.29) is 37.2 Å². The van der Waals surface area contributed by atoms with E-state index in [9.17, 15) is 78.6 Å². The first-order valence-corrected chi connectivity index (χ1v) is 19.4. The van der Waals surface area contributed by atoms with Gasteiger partial charge in [-0.2, -0.15) is 0 Å². The minimum absolute atomic E-state index is 0.154. The fourth-order valence-electron chi connectivity index (χ4n) is 5.72. The molecule has 0 saturated carbocycles. The molecule has 0 bridgehead atoms. The fourth-order valence-corrected chi connectivity index (χ4v) is 5.72. The van der Waals surface area contributed by atoms with Gasteiger partial charge in [-0.15, -0.1) is 0 Å². The number of aliphatic hydroxyl groups excluding tert-OH is 2. The summed E-state index contributed by atoms with van der Waals surface area (Å²) in [7, 11) is 0. The lowest BCUT2D eigenvalue weighted by Gasteiger charge is -2.28. The molecule has 0 aliphatic carbocycles. The van der Waals surface area contributed by atoms with Crippen molar-refractivity contribution < 1.29 is 78.6 Å². The molecule has 2 aromatic carbocycles. The fraction of sp³-hybridized carbons (Fsp3) is 0.436. The van der Waals surface area contributed by atoms with Crippen molar-refractivity contribution in [2.75, 3.05) is 6.61 Å². The topological polar surface area (TPSA) is 442 Å². The summed E-state index contributed by atoms with van der Waals surface area (Å²) in [5.74, 6) is -12.0. The van der Waals surface area contributed by atoms with Gasteiger partial charge in [0, 0.05) is 25.7 Å². The molecule has 18 N–H and O–H groups in total. The molecule has 0 heterocycles. The lowest BCUT2D eigenvalue weighted by Crippen LogP contribution is -2.62. The van der Waals surface area contributed by atoms with Crippen molar-refractivity contribution in [1.82, 2.24) is 31.9 Å². The van der Waals surface area contributed by atoms with Gasteiger partial charge in [0.1, 0.15) is 47.8 Å². The average Bonchev–Trinajstić information content (AvgIpc) is 3.22. The Morgan fingerprint density at radius 3 is 1.36 bits per heavy atom. The second kappa shape index (κ2) is 25.5. The number of primary amides is 2. The number of benzene rings is 2. The second-order valence-electron chi connectivity index (χ2n) is 14.5. The van der Waals surface area contributed by atoms with Crippen molar-refractivity contribution >= 4 is 59.2 Å². The molecule has 350 valence electrons.